The number of hydrogen-bond acceptors (Lipinski definition) is 18. The summed E-state index contributed by atoms with van der Waals surface area (Å²) in [7, 11) is -11.3. The van der Waals surface area contributed by atoms with Crippen molar-refractivity contribution < 1.29 is 81.6 Å². The number of phosphoric acid groups is 2. The van der Waals surface area contributed by atoms with E-state index in [1.165, 1.54) is 43.7 Å². The summed E-state index contributed by atoms with van der Waals surface area (Å²) in [5.41, 5.74) is 4.81. The number of nitrogens with zero attached hydrogens (tertiary/aromatic N) is 2. The molecule has 23 heteroatoms. The number of aliphatic hydroxyl groups is 5. The third kappa shape index (κ3) is 25.8. The SMILES string of the molecule is CCCCC/C=C\C/C=C\C/C=C\CCCCC(=O)O[C@@H]1COC(=O)CCCCCC[C@@H]2[C@H](n3ccc(N)nc3=O)O[C@H](COP(=O)(O)OP(=O)(O)OC1)[C@@H](O)[C@@H](O)[C@@H](/C=C/[C@@H](O)CCCCC)[C@H](O)C[C@@H]2O. The summed E-state index contributed by atoms with van der Waals surface area (Å²) in [6.07, 6.45) is 15.5. The quantitative estimate of drug-likeness (QED) is 0.0267. The Morgan fingerprint density at radius 3 is 2.14 bits per heavy atom. The molecule has 2 fully saturated rings. The molecule has 2 aliphatic heterocycles. The zero-order valence-electron chi connectivity index (χ0n) is 42.5. The van der Waals surface area contributed by atoms with Crippen molar-refractivity contribution in [1.82, 2.24) is 9.55 Å². The van der Waals surface area contributed by atoms with Gasteiger partial charge in [0, 0.05) is 37.3 Å². The fourth-order valence-electron chi connectivity index (χ4n) is 8.33. The predicted molar refractivity (Wildman–Crippen MR) is 272 cm³/mol. The van der Waals surface area contributed by atoms with Crippen LogP contribution < -0.4 is 11.4 Å². The lowest BCUT2D eigenvalue weighted by Crippen LogP contribution is -2.52. The summed E-state index contributed by atoms with van der Waals surface area (Å²) in [6.45, 7) is 1.46. The van der Waals surface area contributed by atoms with E-state index < -0.39 is 120 Å². The molecule has 0 aromatic carbocycles. The number of cyclic esters (lactones) is 1. The summed E-state index contributed by atoms with van der Waals surface area (Å²) >= 11 is 0. The summed E-state index contributed by atoms with van der Waals surface area (Å²) in [5.74, 6) is -4.06. The third-order valence-corrected chi connectivity index (χ3v) is 15.1. The van der Waals surface area contributed by atoms with Gasteiger partial charge in [-0.15, -0.1) is 0 Å². The van der Waals surface area contributed by atoms with Gasteiger partial charge in [-0.2, -0.15) is 9.29 Å². The summed E-state index contributed by atoms with van der Waals surface area (Å²) in [5, 5.41) is 57.5. The van der Waals surface area contributed by atoms with E-state index in [4.69, 9.17) is 29.0 Å². The monoisotopic (exact) mass is 1080 g/mol. The number of esters is 2. The minimum absolute atomic E-state index is 0.0429. The summed E-state index contributed by atoms with van der Waals surface area (Å²) in [4.78, 5) is 64.3. The fourth-order valence-corrected chi connectivity index (χ4v) is 10.4. The van der Waals surface area contributed by atoms with Crippen molar-refractivity contribution in [3.05, 3.63) is 71.4 Å². The van der Waals surface area contributed by atoms with Gasteiger partial charge in [-0.3, -0.25) is 23.2 Å². The molecule has 12 atom stereocenters. The number of phosphoric ester groups is 2. The average Bonchev–Trinajstić information content (AvgIpc) is 3.33. The van der Waals surface area contributed by atoms with Gasteiger partial charge in [-0.25, -0.2) is 13.9 Å². The van der Waals surface area contributed by atoms with Gasteiger partial charge in [-0.1, -0.05) is 114 Å². The van der Waals surface area contributed by atoms with Crippen molar-refractivity contribution in [3.8, 4) is 0 Å². The molecular formula is C50H83N3O18P2. The van der Waals surface area contributed by atoms with E-state index in [1.54, 1.807) is 0 Å². The largest absolute Gasteiger partial charge is 0.481 e. The Hall–Kier alpha value is -3.40. The maximum atomic E-state index is 13.4. The van der Waals surface area contributed by atoms with E-state index >= 15 is 0 Å². The number of nitrogens with two attached hydrogens (primary N) is 1. The molecule has 3 rings (SSSR count). The Balaban J connectivity index is 1.82. The number of carbonyl (C=O) groups is 2. The Bertz CT molecular complexity index is 2040. The standard InChI is InChI=1S/C50H83N3O18P2/c1-3-5-7-8-9-10-11-12-13-14-15-16-17-18-24-28-46(58)69-38-34-66-45(57)27-23-20-19-22-26-40-42(56)33-41(55)39(30-29-37(54)25-21-6-4-2)47(59)48(60)43(36-68-73(64,65)71-72(62,63)67-35-38)70-49(40)53-32-31-44(51)52-50(53)61/h9-10,12-13,15-16,29-32,37-43,47-49,54-56,59-60H,3-8,11,14,17-28,33-36H2,1-2H3,(H,62,63)(H,64,65)(H2,51,52,61)/b10-9-,13-12-,16-15-,30-29+/t37-,38+,39-,40-,41+,42-,43+,47-,48+,49+/m0/s1. The van der Waals surface area contributed by atoms with Crippen LogP contribution in [-0.2, 0) is 46.3 Å². The van der Waals surface area contributed by atoms with Crippen LogP contribution >= 0.6 is 15.6 Å². The van der Waals surface area contributed by atoms with Crippen LogP contribution in [0.1, 0.15) is 155 Å². The van der Waals surface area contributed by atoms with Gasteiger partial charge >= 0.3 is 33.3 Å². The van der Waals surface area contributed by atoms with Crippen molar-refractivity contribution in [2.75, 3.05) is 25.6 Å². The van der Waals surface area contributed by atoms with Crippen LogP contribution in [0.3, 0.4) is 0 Å². The molecule has 1 aromatic rings. The first-order chi connectivity index (χ1) is 34.9. The molecular weight excluding hydrogens is 993 g/mol. The Labute approximate surface area is 429 Å². The molecule has 0 radical (unpaired) electrons. The first-order valence-corrected chi connectivity index (χ1v) is 28.9. The van der Waals surface area contributed by atoms with Crippen molar-refractivity contribution in [2.45, 2.75) is 198 Å². The van der Waals surface area contributed by atoms with Gasteiger partial charge in [0.2, 0.25) is 0 Å². The van der Waals surface area contributed by atoms with Gasteiger partial charge in [-0.05, 0) is 70.3 Å². The minimum atomic E-state index is -5.71. The number of unbranched alkanes of at least 4 members (excludes halogenated alkanes) is 7. The number of allylic oxidation sites excluding steroid dienone is 6. The number of fused-ring (bicyclic) bond motifs is 3. The number of carbonyl (C=O) groups excluding carboxylic acids is 2. The molecule has 2 unspecified atom stereocenters. The van der Waals surface area contributed by atoms with Crippen LogP contribution in [0.25, 0.3) is 0 Å². The molecule has 3 heterocycles. The Morgan fingerprint density at radius 1 is 0.836 bits per heavy atom. The predicted octanol–water partition coefficient (Wildman–Crippen LogP) is 6.94. The molecule has 2 bridgehead atoms. The molecule has 2 aliphatic rings. The van der Waals surface area contributed by atoms with Crippen molar-refractivity contribution >= 4 is 33.4 Å². The summed E-state index contributed by atoms with van der Waals surface area (Å²) in [6, 6.07) is 1.26. The number of nitrogen functional groups attached to an aromatic ring is 1. The van der Waals surface area contributed by atoms with Crippen LogP contribution in [0, 0.1) is 11.8 Å². The van der Waals surface area contributed by atoms with Crippen LogP contribution in [0.2, 0.25) is 0 Å². The van der Waals surface area contributed by atoms with Crippen LogP contribution in [-0.4, -0.2) is 119 Å². The molecule has 0 spiro atoms. The lowest BCUT2D eigenvalue weighted by Gasteiger charge is -2.41. The van der Waals surface area contributed by atoms with Crippen LogP contribution in [0.15, 0.2) is 65.7 Å². The Morgan fingerprint density at radius 2 is 1.47 bits per heavy atom. The van der Waals surface area contributed by atoms with Crippen molar-refractivity contribution in [2.24, 2.45) is 11.8 Å². The highest BCUT2D eigenvalue weighted by Crippen LogP contribution is 2.60. The lowest BCUT2D eigenvalue weighted by atomic mass is 9.82. The summed E-state index contributed by atoms with van der Waals surface area (Å²) < 4.78 is 59.1. The van der Waals surface area contributed by atoms with E-state index in [9.17, 15) is 58.8 Å². The molecule has 2 saturated heterocycles. The third-order valence-electron chi connectivity index (χ3n) is 12.5. The molecule has 0 aliphatic carbocycles. The van der Waals surface area contributed by atoms with E-state index in [2.05, 4.69) is 40.5 Å². The topological polar surface area (TPSA) is 326 Å². The average molecular weight is 1080 g/mol. The highest BCUT2D eigenvalue weighted by Gasteiger charge is 2.45. The van der Waals surface area contributed by atoms with Gasteiger partial charge in [0.1, 0.15) is 30.9 Å². The zero-order chi connectivity index (χ0) is 53.7. The smallest absolute Gasteiger partial charge is 0.462 e. The van der Waals surface area contributed by atoms with E-state index in [-0.39, 0.29) is 25.1 Å². The second-order valence-electron chi connectivity index (χ2n) is 18.6. The van der Waals surface area contributed by atoms with Crippen molar-refractivity contribution in [1.29, 1.82) is 0 Å². The van der Waals surface area contributed by atoms with Crippen LogP contribution in [0.4, 0.5) is 5.82 Å². The second-order valence-corrected chi connectivity index (χ2v) is 21.7. The van der Waals surface area contributed by atoms with Crippen LogP contribution in [0.5, 0.6) is 0 Å². The second kappa shape index (κ2) is 35.0. The number of ether oxygens (including phenoxy) is 3. The fraction of sp³-hybridized carbons (Fsp3) is 0.720. The van der Waals surface area contributed by atoms with E-state index in [0.29, 0.717) is 57.8 Å². The molecule has 73 heavy (non-hydrogen) atoms. The molecule has 9 N–H and O–H groups in total. The zero-order valence-corrected chi connectivity index (χ0v) is 44.3. The van der Waals surface area contributed by atoms with Gasteiger partial charge in [0.25, 0.3) is 0 Å². The molecule has 0 amide bonds. The van der Waals surface area contributed by atoms with Gasteiger partial charge in [0.15, 0.2) is 6.10 Å². The highest BCUT2D eigenvalue weighted by atomic mass is 31.3. The highest BCUT2D eigenvalue weighted by molar-refractivity contribution is 7.61. The first-order valence-electron chi connectivity index (χ1n) is 25.9. The van der Waals surface area contributed by atoms with Crippen molar-refractivity contribution in [3.63, 3.8) is 0 Å². The normalized spacial score (nSPS) is 30.6. The number of hydrogen-bond donors (Lipinski definition) is 8. The maximum Gasteiger partial charge on any atom is 0.481 e. The molecule has 416 valence electrons. The number of rotatable bonds is 21. The lowest BCUT2D eigenvalue weighted by molar-refractivity contribution is -0.195. The number of aromatic nitrogens is 2. The first kappa shape index (κ1) is 63.9. The molecule has 21 nitrogen and oxygen atoms in total. The van der Waals surface area contributed by atoms with Gasteiger partial charge < -0.3 is 55.3 Å². The Kier molecular flexibility index (Phi) is 30.7. The minimum Gasteiger partial charge on any atom is -0.462 e. The van der Waals surface area contributed by atoms with E-state index in [1.807, 2.05) is 19.1 Å². The number of anilines is 1. The number of aliphatic hydroxyl groups excluding tert-OH is 5. The maximum absolute atomic E-state index is 13.4. The van der Waals surface area contributed by atoms with Gasteiger partial charge in [0.05, 0.1) is 37.6 Å². The molecule has 0 saturated carbocycles. The van der Waals surface area contributed by atoms with E-state index in [0.717, 1.165) is 36.7 Å². The molecule has 1 aromatic heterocycles.